The Labute approximate surface area is 165 Å². The van der Waals surface area contributed by atoms with Crippen molar-refractivity contribution >= 4 is 23.4 Å². The molecule has 2 amide bonds. The van der Waals surface area contributed by atoms with Gasteiger partial charge in [-0.05, 0) is 63.2 Å². The van der Waals surface area contributed by atoms with Crippen molar-refractivity contribution in [3.63, 3.8) is 0 Å². The fourth-order valence-corrected chi connectivity index (χ4v) is 2.54. The minimum Gasteiger partial charge on any atom is -0.492 e. The number of carbonyl (C=O) groups is 2. The van der Waals surface area contributed by atoms with E-state index in [0.29, 0.717) is 35.1 Å². The van der Waals surface area contributed by atoms with Crippen LogP contribution in [-0.2, 0) is 0 Å². The van der Waals surface area contributed by atoms with Crippen molar-refractivity contribution < 1.29 is 14.3 Å². The predicted octanol–water partition coefficient (Wildman–Crippen LogP) is 4.02. The number of nitrogens with zero attached hydrogens (tertiary/aromatic N) is 1. The molecule has 0 unspecified atom stereocenters. The standard InChI is InChI=1S/C21H25ClN2O3/c1-21(2,3)23-19(25)15-8-10-16(11-9-15)20(26)24(4)12-13-27-18-7-5-6-17(22)14-18/h5-11,14H,12-13H2,1-4H3,(H,23,25). The highest BCUT2D eigenvalue weighted by Gasteiger charge is 2.16. The number of benzene rings is 2. The fraction of sp³-hybridized carbons (Fsp3) is 0.333. The van der Waals surface area contributed by atoms with Gasteiger partial charge < -0.3 is 15.0 Å². The van der Waals surface area contributed by atoms with Crippen molar-refractivity contribution in [2.75, 3.05) is 20.2 Å². The number of hydrogen-bond donors (Lipinski definition) is 1. The van der Waals surface area contributed by atoms with Crippen LogP contribution in [0.4, 0.5) is 0 Å². The number of hydrogen-bond acceptors (Lipinski definition) is 3. The summed E-state index contributed by atoms with van der Waals surface area (Å²) in [6.07, 6.45) is 0. The highest BCUT2D eigenvalue weighted by atomic mass is 35.5. The summed E-state index contributed by atoms with van der Waals surface area (Å²) >= 11 is 5.91. The second kappa shape index (κ2) is 8.91. The lowest BCUT2D eigenvalue weighted by Crippen LogP contribution is -2.40. The van der Waals surface area contributed by atoms with Crippen LogP contribution >= 0.6 is 11.6 Å². The highest BCUT2D eigenvalue weighted by Crippen LogP contribution is 2.17. The summed E-state index contributed by atoms with van der Waals surface area (Å²) in [5.74, 6) is 0.370. The van der Waals surface area contributed by atoms with E-state index in [0.717, 1.165) is 0 Å². The number of nitrogens with one attached hydrogen (secondary N) is 1. The topological polar surface area (TPSA) is 58.6 Å². The number of carbonyl (C=O) groups excluding carboxylic acids is 2. The van der Waals surface area contributed by atoms with Crippen molar-refractivity contribution in [3.05, 3.63) is 64.7 Å². The molecule has 0 fully saturated rings. The smallest absolute Gasteiger partial charge is 0.253 e. The van der Waals surface area contributed by atoms with Crippen molar-refractivity contribution in [3.8, 4) is 5.75 Å². The van der Waals surface area contributed by atoms with Gasteiger partial charge in [-0.2, -0.15) is 0 Å². The Balaban J connectivity index is 1.89. The van der Waals surface area contributed by atoms with Crippen molar-refractivity contribution in [2.45, 2.75) is 26.3 Å². The molecule has 0 saturated heterocycles. The first-order valence-electron chi connectivity index (χ1n) is 8.72. The van der Waals surface area contributed by atoms with Crippen molar-refractivity contribution in [2.24, 2.45) is 0 Å². The summed E-state index contributed by atoms with van der Waals surface area (Å²) in [4.78, 5) is 26.2. The van der Waals surface area contributed by atoms with Gasteiger partial charge in [0.05, 0.1) is 6.54 Å². The molecule has 144 valence electrons. The summed E-state index contributed by atoms with van der Waals surface area (Å²) in [7, 11) is 1.71. The van der Waals surface area contributed by atoms with Crippen molar-refractivity contribution in [1.29, 1.82) is 0 Å². The zero-order valence-corrected chi connectivity index (χ0v) is 16.8. The number of halogens is 1. The first kappa shape index (κ1) is 20.8. The molecular formula is C21H25ClN2O3. The molecule has 0 bridgehead atoms. The van der Waals surface area contributed by atoms with Crippen LogP contribution in [0.1, 0.15) is 41.5 Å². The van der Waals surface area contributed by atoms with Crippen LogP contribution in [0.5, 0.6) is 5.75 Å². The maximum atomic E-state index is 12.5. The van der Waals surface area contributed by atoms with E-state index >= 15 is 0 Å². The Morgan fingerprint density at radius 3 is 2.30 bits per heavy atom. The molecule has 27 heavy (non-hydrogen) atoms. The van der Waals surface area contributed by atoms with E-state index in [1.807, 2.05) is 32.9 Å². The third-order valence-electron chi connectivity index (χ3n) is 3.72. The predicted molar refractivity (Wildman–Crippen MR) is 108 cm³/mol. The molecule has 0 aromatic heterocycles. The Hall–Kier alpha value is -2.53. The Morgan fingerprint density at radius 2 is 1.70 bits per heavy atom. The second-order valence-corrected chi connectivity index (χ2v) is 7.75. The summed E-state index contributed by atoms with van der Waals surface area (Å²) in [6.45, 7) is 6.54. The van der Waals surface area contributed by atoms with Crippen LogP contribution in [0, 0.1) is 0 Å². The van der Waals surface area contributed by atoms with Gasteiger partial charge in [-0.15, -0.1) is 0 Å². The lowest BCUT2D eigenvalue weighted by molar-refractivity contribution is 0.0773. The number of ether oxygens (including phenoxy) is 1. The normalized spacial score (nSPS) is 11.0. The highest BCUT2D eigenvalue weighted by molar-refractivity contribution is 6.30. The largest absolute Gasteiger partial charge is 0.492 e. The van der Waals surface area contributed by atoms with Gasteiger partial charge in [-0.25, -0.2) is 0 Å². The Morgan fingerprint density at radius 1 is 1.07 bits per heavy atom. The molecule has 2 rings (SSSR count). The van der Waals surface area contributed by atoms with Crippen LogP contribution in [0.25, 0.3) is 0 Å². The fourth-order valence-electron chi connectivity index (χ4n) is 2.36. The molecule has 0 heterocycles. The second-order valence-electron chi connectivity index (χ2n) is 7.31. The van der Waals surface area contributed by atoms with E-state index in [9.17, 15) is 9.59 Å². The van der Waals surface area contributed by atoms with Crippen LogP contribution in [0.3, 0.4) is 0 Å². The lowest BCUT2D eigenvalue weighted by Gasteiger charge is -2.21. The molecule has 6 heteroatoms. The molecule has 5 nitrogen and oxygen atoms in total. The maximum Gasteiger partial charge on any atom is 0.253 e. The van der Waals surface area contributed by atoms with Crippen LogP contribution in [0.2, 0.25) is 5.02 Å². The summed E-state index contributed by atoms with van der Waals surface area (Å²) < 4.78 is 5.61. The zero-order chi connectivity index (χ0) is 20.0. The number of amides is 2. The maximum absolute atomic E-state index is 12.5. The molecule has 0 atom stereocenters. The molecule has 0 spiro atoms. The first-order valence-corrected chi connectivity index (χ1v) is 9.10. The average molecular weight is 389 g/mol. The van der Waals surface area contributed by atoms with Gasteiger partial charge in [0.15, 0.2) is 0 Å². The molecular weight excluding hydrogens is 364 g/mol. The van der Waals surface area contributed by atoms with E-state index in [1.165, 1.54) is 0 Å². The third-order valence-corrected chi connectivity index (χ3v) is 3.96. The molecule has 0 saturated carbocycles. The van der Waals surface area contributed by atoms with Crippen molar-refractivity contribution in [1.82, 2.24) is 10.2 Å². The monoisotopic (exact) mass is 388 g/mol. The molecule has 0 aliphatic rings. The summed E-state index contributed by atoms with van der Waals surface area (Å²) in [5, 5.41) is 3.50. The molecule has 1 N–H and O–H groups in total. The van der Waals surface area contributed by atoms with E-state index in [4.69, 9.17) is 16.3 Å². The van der Waals surface area contributed by atoms with Gasteiger partial charge in [-0.1, -0.05) is 17.7 Å². The molecule has 0 aliphatic heterocycles. The summed E-state index contributed by atoms with van der Waals surface area (Å²) in [5.41, 5.74) is 0.732. The van der Waals surface area contributed by atoms with Gasteiger partial charge in [0.25, 0.3) is 11.8 Å². The first-order chi connectivity index (χ1) is 12.7. The Kier molecular flexibility index (Phi) is 6.86. The number of rotatable bonds is 6. The molecule has 2 aromatic carbocycles. The van der Waals surface area contributed by atoms with Gasteiger partial charge in [0, 0.05) is 28.7 Å². The third kappa shape index (κ3) is 6.61. The molecule has 0 aliphatic carbocycles. The SMILES string of the molecule is CN(CCOc1cccc(Cl)c1)C(=O)c1ccc(C(=O)NC(C)(C)C)cc1. The van der Waals surface area contributed by atoms with E-state index in [1.54, 1.807) is 48.3 Å². The van der Waals surface area contributed by atoms with Gasteiger partial charge >= 0.3 is 0 Å². The van der Waals surface area contributed by atoms with Gasteiger partial charge in [0.2, 0.25) is 0 Å². The van der Waals surface area contributed by atoms with Gasteiger partial charge in [0.1, 0.15) is 12.4 Å². The Bertz CT molecular complexity index is 798. The summed E-state index contributed by atoms with van der Waals surface area (Å²) in [6, 6.07) is 13.8. The lowest BCUT2D eigenvalue weighted by atomic mass is 10.1. The van der Waals surface area contributed by atoms with Crippen LogP contribution in [-0.4, -0.2) is 42.5 Å². The number of likely N-dealkylation sites (N-methyl/N-ethyl adjacent to an activating group) is 1. The van der Waals surface area contributed by atoms with Gasteiger partial charge in [-0.3, -0.25) is 9.59 Å². The van der Waals surface area contributed by atoms with Crippen LogP contribution in [0.15, 0.2) is 48.5 Å². The van der Waals surface area contributed by atoms with E-state index < -0.39 is 0 Å². The molecule has 0 radical (unpaired) electrons. The van der Waals surface area contributed by atoms with E-state index in [-0.39, 0.29) is 17.4 Å². The van der Waals surface area contributed by atoms with E-state index in [2.05, 4.69) is 5.32 Å². The molecule has 2 aromatic rings. The minimum atomic E-state index is -0.311. The minimum absolute atomic E-state index is 0.132. The quantitative estimate of drug-likeness (QED) is 0.813. The zero-order valence-electron chi connectivity index (χ0n) is 16.1. The average Bonchev–Trinajstić information content (AvgIpc) is 2.60. The van der Waals surface area contributed by atoms with Crippen LogP contribution < -0.4 is 10.1 Å².